The standard InChI is InChI=1S/C24H20O8/c1-3-29-17-9-5-15(6-10-17)23(27)31-21-13-20(26)22(14-19(21)25)32-24(28)16-7-11-18(12-8-16)30-4-2/h5-14H,3-4H2,1-2H3. The normalized spacial score (nSPS) is 13.1. The van der Waals surface area contributed by atoms with Gasteiger partial charge in [0, 0.05) is 12.2 Å². The minimum Gasteiger partial charge on any atom is -0.494 e. The van der Waals surface area contributed by atoms with E-state index in [9.17, 15) is 19.2 Å². The second kappa shape index (κ2) is 10.2. The Morgan fingerprint density at radius 1 is 0.625 bits per heavy atom. The summed E-state index contributed by atoms with van der Waals surface area (Å²) in [5, 5.41) is 0. The fraction of sp³-hybridized carbons (Fsp3) is 0.167. The molecule has 0 fully saturated rings. The molecule has 0 saturated heterocycles. The Morgan fingerprint density at radius 2 is 0.969 bits per heavy atom. The van der Waals surface area contributed by atoms with Crippen molar-refractivity contribution in [1.82, 2.24) is 0 Å². The number of hydrogen-bond donors (Lipinski definition) is 0. The van der Waals surface area contributed by atoms with Crippen LogP contribution < -0.4 is 9.47 Å². The van der Waals surface area contributed by atoms with Gasteiger partial charge in [-0.1, -0.05) is 0 Å². The van der Waals surface area contributed by atoms with Gasteiger partial charge in [0.15, 0.2) is 11.5 Å². The highest BCUT2D eigenvalue weighted by Gasteiger charge is 2.27. The molecular weight excluding hydrogens is 416 g/mol. The molecule has 0 aliphatic heterocycles. The molecule has 8 heteroatoms. The van der Waals surface area contributed by atoms with Crippen LogP contribution >= 0.6 is 0 Å². The minimum absolute atomic E-state index is 0.173. The molecule has 1 aliphatic rings. The lowest BCUT2D eigenvalue weighted by atomic mass is 10.1. The lowest BCUT2D eigenvalue weighted by molar-refractivity contribution is -0.118. The van der Waals surface area contributed by atoms with Crippen LogP contribution in [-0.4, -0.2) is 36.7 Å². The van der Waals surface area contributed by atoms with Gasteiger partial charge >= 0.3 is 11.9 Å². The van der Waals surface area contributed by atoms with Crippen LogP contribution in [0.2, 0.25) is 0 Å². The van der Waals surface area contributed by atoms with Crippen LogP contribution in [-0.2, 0) is 19.1 Å². The topological polar surface area (TPSA) is 105 Å². The summed E-state index contributed by atoms with van der Waals surface area (Å²) in [4.78, 5) is 49.1. The van der Waals surface area contributed by atoms with Crippen LogP contribution in [0.1, 0.15) is 34.6 Å². The molecule has 0 saturated carbocycles. The summed E-state index contributed by atoms with van der Waals surface area (Å²) in [6.45, 7) is 4.62. The lowest BCUT2D eigenvalue weighted by Gasteiger charge is -2.13. The maximum Gasteiger partial charge on any atom is 0.343 e. The summed E-state index contributed by atoms with van der Waals surface area (Å²) >= 11 is 0. The molecule has 1 aliphatic carbocycles. The summed E-state index contributed by atoms with van der Waals surface area (Å²) in [7, 11) is 0. The number of allylic oxidation sites excluding steroid dienone is 2. The monoisotopic (exact) mass is 436 g/mol. The Labute approximate surface area is 184 Å². The Balaban J connectivity index is 1.63. The van der Waals surface area contributed by atoms with Crippen molar-refractivity contribution >= 4 is 23.5 Å². The van der Waals surface area contributed by atoms with E-state index in [4.69, 9.17) is 18.9 Å². The molecule has 2 aromatic rings. The Bertz CT molecular complexity index is 1000. The minimum atomic E-state index is -0.816. The van der Waals surface area contributed by atoms with Gasteiger partial charge in [0.25, 0.3) is 0 Å². The first-order valence-corrected chi connectivity index (χ1v) is 9.83. The van der Waals surface area contributed by atoms with Gasteiger partial charge in [-0.05, 0) is 62.4 Å². The molecule has 3 rings (SSSR count). The van der Waals surface area contributed by atoms with Crippen molar-refractivity contribution in [3.8, 4) is 11.5 Å². The van der Waals surface area contributed by atoms with Gasteiger partial charge in [0.1, 0.15) is 11.5 Å². The fourth-order valence-corrected chi connectivity index (χ4v) is 2.71. The molecule has 0 aromatic heterocycles. The number of ketones is 2. The predicted octanol–water partition coefficient (Wildman–Crippen LogP) is 3.42. The summed E-state index contributed by atoms with van der Waals surface area (Å²) < 4.78 is 20.7. The first-order valence-electron chi connectivity index (χ1n) is 9.83. The molecule has 164 valence electrons. The van der Waals surface area contributed by atoms with Crippen LogP contribution in [0, 0.1) is 0 Å². The number of rotatable bonds is 8. The SMILES string of the molecule is CCOc1ccc(C(=O)OC2=CC(=O)C(OC(=O)c3ccc(OCC)cc3)=CC2=O)cc1. The van der Waals surface area contributed by atoms with Gasteiger partial charge < -0.3 is 18.9 Å². The van der Waals surface area contributed by atoms with Crippen molar-refractivity contribution < 1.29 is 38.1 Å². The van der Waals surface area contributed by atoms with Crippen molar-refractivity contribution in [2.45, 2.75) is 13.8 Å². The molecule has 0 spiro atoms. The van der Waals surface area contributed by atoms with Crippen molar-refractivity contribution in [1.29, 1.82) is 0 Å². The smallest absolute Gasteiger partial charge is 0.343 e. The third kappa shape index (κ3) is 5.48. The third-order valence-electron chi connectivity index (χ3n) is 4.22. The number of esters is 2. The van der Waals surface area contributed by atoms with Crippen LogP contribution in [0.4, 0.5) is 0 Å². The van der Waals surface area contributed by atoms with Crippen LogP contribution in [0.15, 0.2) is 72.2 Å². The highest BCUT2D eigenvalue weighted by atomic mass is 16.5. The Morgan fingerprint density at radius 3 is 1.28 bits per heavy atom. The summed E-state index contributed by atoms with van der Waals surface area (Å²) in [6.07, 6.45) is 1.63. The molecule has 0 amide bonds. The van der Waals surface area contributed by atoms with E-state index in [0.29, 0.717) is 24.7 Å². The van der Waals surface area contributed by atoms with E-state index in [2.05, 4.69) is 0 Å². The molecule has 0 atom stereocenters. The van der Waals surface area contributed by atoms with Crippen molar-refractivity contribution in [2.75, 3.05) is 13.2 Å². The van der Waals surface area contributed by atoms with Gasteiger partial charge in [-0.2, -0.15) is 0 Å². The summed E-state index contributed by atoms with van der Waals surface area (Å²) in [5.41, 5.74) is 0.345. The number of benzene rings is 2. The second-order valence-electron chi connectivity index (χ2n) is 6.44. The molecular formula is C24H20O8. The fourth-order valence-electron chi connectivity index (χ4n) is 2.71. The predicted molar refractivity (Wildman–Crippen MR) is 112 cm³/mol. The van der Waals surface area contributed by atoms with Crippen molar-refractivity contribution in [3.63, 3.8) is 0 Å². The number of ether oxygens (including phenoxy) is 4. The van der Waals surface area contributed by atoms with E-state index in [1.807, 2.05) is 13.8 Å². The van der Waals surface area contributed by atoms with Crippen molar-refractivity contribution in [2.24, 2.45) is 0 Å². The number of hydrogen-bond acceptors (Lipinski definition) is 8. The Hall–Kier alpha value is -4.20. The third-order valence-corrected chi connectivity index (χ3v) is 4.22. The highest BCUT2D eigenvalue weighted by molar-refractivity contribution is 6.19. The summed E-state index contributed by atoms with van der Waals surface area (Å²) in [5.74, 6) is -2.96. The average molecular weight is 436 g/mol. The van der Waals surface area contributed by atoms with Crippen molar-refractivity contribution in [3.05, 3.63) is 83.3 Å². The zero-order valence-corrected chi connectivity index (χ0v) is 17.5. The first kappa shape index (κ1) is 22.5. The van der Waals surface area contributed by atoms with E-state index in [1.165, 1.54) is 24.3 Å². The molecule has 0 radical (unpaired) electrons. The van der Waals surface area contributed by atoms with Gasteiger partial charge in [0.05, 0.1) is 24.3 Å². The number of carbonyl (C=O) groups excluding carboxylic acids is 4. The molecule has 0 heterocycles. The van der Waals surface area contributed by atoms with E-state index in [0.717, 1.165) is 12.2 Å². The Kier molecular flexibility index (Phi) is 7.17. The molecule has 2 aromatic carbocycles. The maximum absolute atomic E-state index is 12.3. The molecule has 8 nitrogen and oxygen atoms in total. The zero-order chi connectivity index (χ0) is 23.1. The van der Waals surface area contributed by atoms with Crippen LogP contribution in [0.5, 0.6) is 11.5 Å². The van der Waals surface area contributed by atoms with E-state index in [-0.39, 0.29) is 11.1 Å². The molecule has 0 bridgehead atoms. The molecule has 0 unspecified atom stereocenters. The summed E-state index contributed by atoms with van der Waals surface area (Å²) in [6, 6.07) is 12.2. The quantitative estimate of drug-likeness (QED) is 0.458. The largest absolute Gasteiger partial charge is 0.494 e. The van der Waals surface area contributed by atoms with Gasteiger partial charge in [-0.25, -0.2) is 9.59 Å². The van der Waals surface area contributed by atoms with Gasteiger partial charge in [0.2, 0.25) is 11.6 Å². The van der Waals surface area contributed by atoms with Gasteiger partial charge in [-0.3, -0.25) is 9.59 Å². The average Bonchev–Trinajstić information content (AvgIpc) is 2.78. The highest BCUT2D eigenvalue weighted by Crippen LogP contribution is 2.20. The van der Waals surface area contributed by atoms with Gasteiger partial charge in [-0.15, -0.1) is 0 Å². The van der Waals surface area contributed by atoms with E-state index >= 15 is 0 Å². The first-order chi connectivity index (χ1) is 15.4. The van der Waals surface area contributed by atoms with E-state index < -0.39 is 35.0 Å². The van der Waals surface area contributed by atoms with Crippen LogP contribution in [0.3, 0.4) is 0 Å². The molecule has 32 heavy (non-hydrogen) atoms. The molecule has 0 N–H and O–H groups in total. The van der Waals surface area contributed by atoms with E-state index in [1.54, 1.807) is 24.3 Å². The maximum atomic E-state index is 12.3. The second-order valence-corrected chi connectivity index (χ2v) is 6.44. The number of carbonyl (C=O) groups is 4. The van der Waals surface area contributed by atoms with Crippen LogP contribution in [0.25, 0.3) is 0 Å². The lowest BCUT2D eigenvalue weighted by Crippen LogP contribution is -2.20. The zero-order valence-electron chi connectivity index (χ0n) is 17.5.